The van der Waals surface area contributed by atoms with Crippen LogP contribution < -0.4 is 11.1 Å². The Morgan fingerprint density at radius 3 is 2.76 bits per heavy atom. The summed E-state index contributed by atoms with van der Waals surface area (Å²) in [5, 5.41) is 4.00. The number of amides is 2. The molecule has 0 bridgehead atoms. The second kappa shape index (κ2) is 8.03. The van der Waals surface area contributed by atoms with Gasteiger partial charge >= 0.3 is 0 Å². The van der Waals surface area contributed by atoms with Crippen LogP contribution in [0.25, 0.3) is 10.9 Å². The van der Waals surface area contributed by atoms with E-state index in [1.807, 2.05) is 31.2 Å². The van der Waals surface area contributed by atoms with E-state index in [9.17, 15) is 9.59 Å². The van der Waals surface area contributed by atoms with Crippen LogP contribution in [-0.2, 0) is 19.3 Å². The van der Waals surface area contributed by atoms with E-state index in [4.69, 9.17) is 10.7 Å². The summed E-state index contributed by atoms with van der Waals surface area (Å²) < 4.78 is 0. The predicted molar refractivity (Wildman–Crippen MR) is 114 cm³/mol. The summed E-state index contributed by atoms with van der Waals surface area (Å²) in [7, 11) is 0. The number of aromatic nitrogens is 1. The SMILES string of the molecule is Cc1ccc2nc3c(c(C(=O)NCCc4cccc(C(N)=O)c4)c2c1)CCCC3. The minimum atomic E-state index is -0.443. The van der Waals surface area contributed by atoms with Gasteiger partial charge in [-0.1, -0.05) is 23.8 Å². The van der Waals surface area contributed by atoms with Crippen LogP contribution in [0.15, 0.2) is 42.5 Å². The molecule has 0 atom stereocenters. The Morgan fingerprint density at radius 1 is 1.10 bits per heavy atom. The lowest BCUT2D eigenvalue weighted by Crippen LogP contribution is -2.28. The zero-order valence-corrected chi connectivity index (χ0v) is 16.6. The number of carbonyl (C=O) groups is 2. The highest BCUT2D eigenvalue weighted by molar-refractivity contribution is 6.08. The number of hydrogen-bond acceptors (Lipinski definition) is 3. The number of fused-ring (bicyclic) bond motifs is 2. The minimum absolute atomic E-state index is 0.0489. The molecule has 2 aromatic carbocycles. The molecule has 0 saturated carbocycles. The lowest BCUT2D eigenvalue weighted by atomic mass is 9.89. The maximum absolute atomic E-state index is 13.2. The number of primary amides is 1. The highest BCUT2D eigenvalue weighted by Crippen LogP contribution is 2.29. The average Bonchev–Trinajstić information content (AvgIpc) is 2.72. The van der Waals surface area contributed by atoms with Gasteiger partial charge in [-0.25, -0.2) is 0 Å². The minimum Gasteiger partial charge on any atom is -0.366 e. The Balaban J connectivity index is 1.59. The number of nitrogens with two attached hydrogens (primary N) is 1. The number of rotatable bonds is 5. The van der Waals surface area contributed by atoms with E-state index in [1.54, 1.807) is 12.1 Å². The molecule has 0 radical (unpaired) electrons. The Hall–Kier alpha value is -3.21. The van der Waals surface area contributed by atoms with Crippen LogP contribution in [0, 0.1) is 6.92 Å². The van der Waals surface area contributed by atoms with Crippen LogP contribution >= 0.6 is 0 Å². The smallest absolute Gasteiger partial charge is 0.252 e. The molecule has 5 nitrogen and oxygen atoms in total. The van der Waals surface area contributed by atoms with Gasteiger partial charge in [0.25, 0.3) is 5.91 Å². The van der Waals surface area contributed by atoms with Crippen LogP contribution in [0.1, 0.15) is 55.9 Å². The summed E-state index contributed by atoms with van der Waals surface area (Å²) in [6.07, 6.45) is 4.67. The maximum Gasteiger partial charge on any atom is 0.252 e. The third kappa shape index (κ3) is 3.99. The lowest BCUT2D eigenvalue weighted by Gasteiger charge is -2.20. The van der Waals surface area contributed by atoms with E-state index >= 15 is 0 Å². The van der Waals surface area contributed by atoms with Crippen LogP contribution in [0.4, 0.5) is 0 Å². The van der Waals surface area contributed by atoms with Crippen molar-refractivity contribution in [2.45, 2.75) is 39.0 Å². The zero-order valence-electron chi connectivity index (χ0n) is 16.6. The number of benzene rings is 2. The number of nitrogens with zero attached hydrogens (tertiary/aromatic N) is 1. The average molecular weight is 387 g/mol. The molecule has 2 amide bonds. The van der Waals surface area contributed by atoms with Gasteiger partial charge in [0, 0.05) is 23.2 Å². The third-order valence-electron chi connectivity index (χ3n) is 5.56. The van der Waals surface area contributed by atoms with Gasteiger partial charge in [-0.2, -0.15) is 0 Å². The van der Waals surface area contributed by atoms with Crippen molar-refractivity contribution in [2.75, 3.05) is 6.54 Å². The van der Waals surface area contributed by atoms with Gasteiger partial charge in [0.05, 0.1) is 11.1 Å². The first-order chi connectivity index (χ1) is 14.0. The van der Waals surface area contributed by atoms with Crippen LogP contribution in [0.2, 0.25) is 0 Å². The first-order valence-corrected chi connectivity index (χ1v) is 10.1. The number of pyridine rings is 1. The fraction of sp³-hybridized carbons (Fsp3) is 0.292. The molecule has 29 heavy (non-hydrogen) atoms. The van der Waals surface area contributed by atoms with Crippen molar-refractivity contribution in [1.82, 2.24) is 10.3 Å². The molecule has 0 saturated heterocycles. The van der Waals surface area contributed by atoms with E-state index in [-0.39, 0.29) is 5.91 Å². The third-order valence-corrected chi connectivity index (χ3v) is 5.56. The van der Waals surface area contributed by atoms with Crippen molar-refractivity contribution in [2.24, 2.45) is 5.73 Å². The normalized spacial score (nSPS) is 13.1. The molecule has 0 aliphatic heterocycles. The molecule has 3 aromatic rings. The topological polar surface area (TPSA) is 85.1 Å². The van der Waals surface area contributed by atoms with Gasteiger partial charge in [0.2, 0.25) is 5.91 Å². The Kier molecular flexibility index (Phi) is 5.30. The summed E-state index contributed by atoms with van der Waals surface area (Å²) in [5.41, 5.74) is 11.7. The Morgan fingerprint density at radius 2 is 1.93 bits per heavy atom. The molecule has 0 unspecified atom stereocenters. The highest BCUT2D eigenvalue weighted by atomic mass is 16.2. The van der Waals surface area contributed by atoms with Crippen molar-refractivity contribution < 1.29 is 9.59 Å². The predicted octanol–water partition coefficient (Wildman–Crippen LogP) is 3.49. The fourth-order valence-electron chi connectivity index (χ4n) is 4.09. The van der Waals surface area contributed by atoms with Gasteiger partial charge in [-0.3, -0.25) is 14.6 Å². The first kappa shape index (κ1) is 19.1. The monoisotopic (exact) mass is 387 g/mol. The second-order valence-electron chi connectivity index (χ2n) is 7.71. The highest BCUT2D eigenvalue weighted by Gasteiger charge is 2.22. The standard InChI is InChI=1S/C24H25N3O2/c1-15-9-10-21-19(13-15)22(18-7-2-3-8-20(18)27-21)24(29)26-12-11-16-5-4-6-17(14-16)23(25)28/h4-6,9-10,13-14H,2-3,7-8,11-12H2,1H3,(H2,25,28)(H,26,29). The van der Waals surface area contributed by atoms with Gasteiger partial charge in [0.15, 0.2) is 0 Å². The Bertz CT molecular complexity index is 1100. The van der Waals surface area contributed by atoms with Crippen molar-refractivity contribution in [3.63, 3.8) is 0 Å². The molecule has 1 aliphatic rings. The molecule has 1 aliphatic carbocycles. The van der Waals surface area contributed by atoms with E-state index in [1.165, 1.54) is 0 Å². The molecule has 1 aromatic heterocycles. The number of aryl methyl sites for hydroxylation is 2. The van der Waals surface area contributed by atoms with Gasteiger partial charge in [0.1, 0.15) is 0 Å². The molecular formula is C24H25N3O2. The summed E-state index contributed by atoms with van der Waals surface area (Å²) >= 11 is 0. The summed E-state index contributed by atoms with van der Waals surface area (Å²) in [4.78, 5) is 29.4. The molecule has 4 rings (SSSR count). The molecule has 0 fully saturated rings. The zero-order chi connectivity index (χ0) is 20.4. The molecule has 0 spiro atoms. The van der Waals surface area contributed by atoms with Crippen molar-refractivity contribution in [3.05, 3.63) is 76.0 Å². The van der Waals surface area contributed by atoms with Gasteiger partial charge in [-0.05, 0) is 74.4 Å². The van der Waals surface area contributed by atoms with E-state index in [2.05, 4.69) is 11.4 Å². The lowest BCUT2D eigenvalue weighted by molar-refractivity contribution is 0.0952. The van der Waals surface area contributed by atoms with Crippen molar-refractivity contribution in [3.8, 4) is 0 Å². The van der Waals surface area contributed by atoms with E-state index < -0.39 is 5.91 Å². The van der Waals surface area contributed by atoms with Crippen molar-refractivity contribution in [1.29, 1.82) is 0 Å². The molecular weight excluding hydrogens is 362 g/mol. The fourth-order valence-corrected chi connectivity index (χ4v) is 4.09. The van der Waals surface area contributed by atoms with E-state index in [0.717, 1.165) is 64.5 Å². The number of nitrogens with one attached hydrogen (secondary N) is 1. The van der Waals surface area contributed by atoms with Crippen LogP contribution in [0.3, 0.4) is 0 Å². The number of hydrogen-bond donors (Lipinski definition) is 2. The van der Waals surface area contributed by atoms with Crippen LogP contribution in [-0.4, -0.2) is 23.3 Å². The quantitative estimate of drug-likeness (QED) is 0.703. The van der Waals surface area contributed by atoms with Gasteiger partial charge in [-0.15, -0.1) is 0 Å². The van der Waals surface area contributed by atoms with Crippen LogP contribution in [0.5, 0.6) is 0 Å². The maximum atomic E-state index is 13.2. The Labute approximate surface area is 170 Å². The summed E-state index contributed by atoms with van der Waals surface area (Å²) in [6.45, 7) is 2.53. The van der Waals surface area contributed by atoms with Crippen molar-refractivity contribution >= 4 is 22.7 Å². The largest absolute Gasteiger partial charge is 0.366 e. The summed E-state index contributed by atoms with van der Waals surface area (Å²) in [5.74, 6) is -0.492. The first-order valence-electron chi connectivity index (χ1n) is 10.1. The molecule has 1 heterocycles. The molecule has 5 heteroatoms. The van der Waals surface area contributed by atoms with Gasteiger partial charge < -0.3 is 11.1 Å². The summed E-state index contributed by atoms with van der Waals surface area (Å²) in [6, 6.07) is 13.3. The van der Waals surface area contributed by atoms with E-state index in [0.29, 0.717) is 18.5 Å². The second-order valence-corrected chi connectivity index (χ2v) is 7.71. The number of carbonyl (C=O) groups excluding carboxylic acids is 2. The molecule has 148 valence electrons. The molecule has 3 N–H and O–H groups in total.